The minimum Gasteiger partial charge on any atom is -0.354 e. The lowest BCUT2D eigenvalue weighted by atomic mass is 10.0. The molecule has 1 aliphatic rings. The molecule has 0 radical (unpaired) electrons. The Hall–Kier alpha value is -4.26. The zero-order valence-electron chi connectivity index (χ0n) is 19.6. The van der Waals surface area contributed by atoms with Gasteiger partial charge in [0.1, 0.15) is 11.7 Å². The summed E-state index contributed by atoms with van der Waals surface area (Å²) in [5.41, 5.74) is 3.97. The molecule has 176 valence electrons. The molecule has 0 saturated carbocycles. The van der Waals surface area contributed by atoms with Gasteiger partial charge in [-0.3, -0.25) is 9.59 Å². The highest BCUT2D eigenvalue weighted by Crippen LogP contribution is 2.36. The van der Waals surface area contributed by atoms with Gasteiger partial charge in [-0.15, -0.1) is 5.10 Å². The van der Waals surface area contributed by atoms with Crippen LogP contribution < -0.4 is 5.32 Å². The molecule has 7 heteroatoms. The first kappa shape index (κ1) is 22.5. The summed E-state index contributed by atoms with van der Waals surface area (Å²) in [4.78, 5) is 29.5. The van der Waals surface area contributed by atoms with Crippen LogP contribution in [0.25, 0.3) is 16.9 Å². The van der Waals surface area contributed by atoms with Gasteiger partial charge in [-0.1, -0.05) is 97.4 Å². The zero-order chi connectivity index (χ0) is 24.2. The molecule has 1 aromatic heterocycles. The molecular formula is C28H27N5O2. The molecule has 0 saturated heterocycles. The molecule has 0 bridgehead atoms. The third-order valence-electron chi connectivity index (χ3n) is 6.23. The predicted molar refractivity (Wildman–Crippen MR) is 134 cm³/mol. The lowest BCUT2D eigenvalue weighted by Gasteiger charge is -2.30. The Labute approximate surface area is 204 Å². The van der Waals surface area contributed by atoms with Crippen LogP contribution in [0, 0.1) is 0 Å². The molecule has 35 heavy (non-hydrogen) atoms. The number of carbonyl (C=O) groups is 2. The molecule has 7 nitrogen and oxygen atoms in total. The summed E-state index contributed by atoms with van der Waals surface area (Å²) in [5, 5.41) is 11.8. The van der Waals surface area contributed by atoms with Crippen LogP contribution in [-0.4, -0.2) is 38.3 Å². The third-order valence-corrected chi connectivity index (χ3v) is 6.23. The summed E-state index contributed by atoms with van der Waals surface area (Å²) in [6.45, 7) is 2.91. The Bertz CT molecular complexity index is 1330. The van der Waals surface area contributed by atoms with Crippen LogP contribution >= 0.6 is 0 Å². The fourth-order valence-corrected chi connectivity index (χ4v) is 4.48. The molecule has 1 N–H and O–H groups in total. The summed E-state index contributed by atoms with van der Waals surface area (Å²) in [5.74, 6) is -0.486. The fourth-order valence-electron chi connectivity index (χ4n) is 4.48. The molecular weight excluding hydrogens is 438 g/mol. The van der Waals surface area contributed by atoms with Gasteiger partial charge < -0.3 is 10.2 Å². The van der Waals surface area contributed by atoms with Gasteiger partial charge >= 0.3 is 0 Å². The van der Waals surface area contributed by atoms with Crippen molar-refractivity contribution in [2.75, 3.05) is 6.54 Å². The number of para-hydroxylation sites is 1. The second kappa shape index (κ2) is 9.93. The van der Waals surface area contributed by atoms with Gasteiger partial charge in [-0.2, -0.15) is 0 Å². The Morgan fingerprint density at radius 3 is 2.37 bits per heavy atom. The van der Waals surface area contributed by atoms with Gasteiger partial charge in [0.05, 0.1) is 5.69 Å². The van der Waals surface area contributed by atoms with Crippen LogP contribution in [0.15, 0.2) is 84.9 Å². The highest BCUT2D eigenvalue weighted by molar-refractivity contribution is 6.02. The first-order valence-corrected chi connectivity index (χ1v) is 11.9. The molecule has 2 amide bonds. The lowest BCUT2D eigenvalue weighted by Crippen LogP contribution is -2.43. The van der Waals surface area contributed by atoms with E-state index in [0.29, 0.717) is 29.2 Å². The molecule has 5 rings (SSSR count). The summed E-state index contributed by atoms with van der Waals surface area (Å²) < 4.78 is 1.58. The number of rotatable bonds is 7. The smallest absolute Gasteiger partial charge is 0.276 e. The highest BCUT2D eigenvalue weighted by atomic mass is 16.2. The number of hydrogen-bond donors (Lipinski definition) is 1. The van der Waals surface area contributed by atoms with Crippen molar-refractivity contribution in [2.24, 2.45) is 0 Å². The first-order chi connectivity index (χ1) is 17.2. The van der Waals surface area contributed by atoms with Crippen molar-refractivity contribution in [3.63, 3.8) is 0 Å². The van der Waals surface area contributed by atoms with E-state index >= 15 is 0 Å². The van der Waals surface area contributed by atoms with Crippen molar-refractivity contribution < 1.29 is 9.59 Å². The van der Waals surface area contributed by atoms with E-state index in [0.717, 1.165) is 24.0 Å². The van der Waals surface area contributed by atoms with Crippen LogP contribution in [0.2, 0.25) is 0 Å². The average Bonchev–Trinajstić information content (AvgIpc) is 3.31. The van der Waals surface area contributed by atoms with Crippen molar-refractivity contribution in [1.82, 2.24) is 25.2 Å². The van der Waals surface area contributed by atoms with Crippen molar-refractivity contribution in [1.29, 1.82) is 0 Å². The number of nitrogens with zero attached hydrogens (tertiary/aromatic N) is 4. The SMILES string of the molecule is CCCCNC(=O)C1c2ccccc2-n2nnc(-c3ccccc3)c2C(=O)N1Cc1ccccc1. The van der Waals surface area contributed by atoms with Crippen LogP contribution in [0.4, 0.5) is 0 Å². The quantitative estimate of drug-likeness (QED) is 0.406. The van der Waals surface area contributed by atoms with Crippen molar-refractivity contribution in [3.05, 3.63) is 102 Å². The first-order valence-electron chi connectivity index (χ1n) is 11.9. The largest absolute Gasteiger partial charge is 0.354 e. The third kappa shape index (κ3) is 4.33. The van der Waals surface area contributed by atoms with Gasteiger partial charge in [-0.25, -0.2) is 4.68 Å². The van der Waals surface area contributed by atoms with Gasteiger partial charge in [-0.05, 0) is 18.1 Å². The summed E-state index contributed by atoms with van der Waals surface area (Å²) in [6.07, 6.45) is 1.84. The molecule has 4 aromatic rings. The topological polar surface area (TPSA) is 80.1 Å². The Morgan fingerprint density at radius 1 is 0.943 bits per heavy atom. The van der Waals surface area contributed by atoms with E-state index in [1.165, 1.54) is 0 Å². The molecule has 0 spiro atoms. The van der Waals surface area contributed by atoms with Gasteiger partial charge in [0.2, 0.25) is 5.91 Å². The Morgan fingerprint density at radius 2 is 1.63 bits per heavy atom. The summed E-state index contributed by atoms with van der Waals surface area (Å²) in [7, 11) is 0. The van der Waals surface area contributed by atoms with Crippen LogP contribution in [0.5, 0.6) is 0 Å². The maximum absolute atomic E-state index is 14.3. The van der Waals surface area contributed by atoms with E-state index < -0.39 is 6.04 Å². The molecule has 3 aromatic carbocycles. The van der Waals surface area contributed by atoms with Gasteiger partial charge in [0.25, 0.3) is 5.91 Å². The van der Waals surface area contributed by atoms with Crippen LogP contribution in [0.1, 0.15) is 47.4 Å². The van der Waals surface area contributed by atoms with Gasteiger partial charge in [0, 0.05) is 24.2 Å². The molecule has 1 atom stereocenters. The number of hydrogen-bond acceptors (Lipinski definition) is 4. The van der Waals surface area contributed by atoms with Crippen molar-refractivity contribution in [2.45, 2.75) is 32.4 Å². The van der Waals surface area contributed by atoms with Crippen LogP contribution in [-0.2, 0) is 11.3 Å². The normalized spacial score (nSPS) is 14.7. The average molecular weight is 466 g/mol. The van der Waals surface area contributed by atoms with E-state index in [9.17, 15) is 9.59 Å². The number of benzene rings is 3. The van der Waals surface area contributed by atoms with Gasteiger partial charge in [0.15, 0.2) is 5.69 Å². The fraction of sp³-hybridized carbons (Fsp3) is 0.214. The predicted octanol–water partition coefficient (Wildman–Crippen LogP) is 4.55. The molecule has 2 heterocycles. The zero-order valence-corrected chi connectivity index (χ0v) is 19.6. The molecule has 1 unspecified atom stereocenters. The van der Waals surface area contributed by atoms with E-state index in [4.69, 9.17) is 0 Å². The van der Waals surface area contributed by atoms with E-state index in [2.05, 4.69) is 22.6 Å². The van der Waals surface area contributed by atoms with Crippen molar-refractivity contribution in [3.8, 4) is 16.9 Å². The number of unbranched alkanes of at least 4 members (excludes halogenated alkanes) is 1. The number of aromatic nitrogens is 3. The number of carbonyl (C=O) groups excluding carboxylic acids is 2. The van der Waals surface area contributed by atoms with E-state index in [-0.39, 0.29) is 18.4 Å². The second-order valence-electron chi connectivity index (χ2n) is 8.59. The highest BCUT2D eigenvalue weighted by Gasteiger charge is 2.40. The maximum Gasteiger partial charge on any atom is 0.276 e. The molecule has 0 aliphatic carbocycles. The molecule has 1 aliphatic heterocycles. The summed E-state index contributed by atoms with van der Waals surface area (Å²) >= 11 is 0. The standard InChI is InChI=1S/C28H27N5O2/c1-2-3-18-29-27(34)25-22-16-10-11-17-23(22)33-26(24(30-31-33)21-14-8-5-9-15-21)28(35)32(25)19-20-12-6-4-7-13-20/h4-17,25H,2-3,18-19H2,1H3,(H,29,34). The minimum atomic E-state index is -0.805. The Kier molecular flexibility index (Phi) is 6.39. The number of amides is 2. The number of fused-ring (bicyclic) bond motifs is 3. The summed E-state index contributed by atoms with van der Waals surface area (Å²) in [6, 6.07) is 26.0. The van der Waals surface area contributed by atoms with E-state index in [1.54, 1.807) is 9.58 Å². The maximum atomic E-state index is 14.3. The molecule has 0 fully saturated rings. The second-order valence-corrected chi connectivity index (χ2v) is 8.59. The monoisotopic (exact) mass is 465 g/mol. The lowest BCUT2D eigenvalue weighted by molar-refractivity contribution is -0.126. The minimum absolute atomic E-state index is 0.199. The number of nitrogens with one attached hydrogen (secondary N) is 1. The van der Waals surface area contributed by atoms with Crippen molar-refractivity contribution >= 4 is 11.8 Å². The Balaban J connectivity index is 1.68. The van der Waals surface area contributed by atoms with Crippen LogP contribution in [0.3, 0.4) is 0 Å². The van der Waals surface area contributed by atoms with E-state index in [1.807, 2.05) is 84.9 Å².